The van der Waals surface area contributed by atoms with Gasteiger partial charge in [0.2, 0.25) is 0 Å². The van der Waals surface area contributed by atoms with Crippen molar-refractivity contribution in [2.24, 2.45) is 0 Å². The average molecular weight is 218 g/mol. The lowest BCUT2D eigenvalue weighted by Crippen LogP contribution is -2.17. The summed E-state index contributed by atoms with van der Waals surface area (Å²) in [5, 5.41) is 5.37. The summed E-state index contributed by atoms with van der Waals surface area (Å²) in [7, 11) is 1.96. The van der Waals surface area contributed by atoms with Gasteiger partial charge in [0.15, 0.2) is 0 Å². The number of aromatic nitrogens is 1. The van der Waals surface area contributed by atoms with Gasteiger partial charge in [-0.25, -0.2) is 4.98 Å². The van der Waals surface area contributed by atoms with Crippen LogP contribution in [-0.2, 0) is 0 Å². The SMILES string of the molecule is CNC(c1ccc(C)cc1)c1cscn1. The van der Waals surface area contributed by atoms with Crippen molar-refractivity contribution in [2.75, 3.05) is 7.05 Å². The van der Waals surface area contributed by atoms with Crippen molar-refractivity contribution in [3.8, 4) is 0 Å². The van der Waals surface area contributed by atoms with Gasteiger partial charge in [0.05, 0.1) is 17.2 Å². The lowest BCUT2D eigenvalue weighted by atomic mass is 10.0. The number of hydrogen-bond acceptors (Lipinski definition) is 3. The Morgan fingerprint density at radius 3 is 2.53 bits per heavy atom. The summed E-state index contributed by atoms with van der Waals surface area (Å²) in [5.74, 6) is 0. The third kappa shape index (κ3) is 2.25. The van der Waals surface area contributed by atoms with Gasteiger partial charge in [-0.2, -0.15) is 0 Å². The first-order valence-electron chi connectivity index (χ1n) is 4.93. The Labute approximate surface area is 94.0 Å². The van der Waals surface area contributed by atoms with Crippen LogP contribution in [-0.4, -0.2) is 12.0 Å². The van der Waals surface area contributed by atoms with Gasteiger partial charge >= 0.3 is 0 Å². The maximum Gasteiger partial charge on any atom is 0.0795 e. The molecule has 0 aliphatic rings. The van der Waals surface area contributed by atoms with Gasteiger partial charge in [-0.05, 0) is 19.5 Å². The number of benzene rings is 1. The fourth-order valence-electron chi connectivity index (χ4n) is 1.61. The van der Waals surface area contributed by atoms with Gasteiger partial charge in [0, 0.05) is 5.38 Å². The first kappa shape index (κ1) is 10.3. The smallest absolute Gasteiger partial charge is 0.0795 e. The average Bonchev–Trinajstić information content (AvgIpc) is 2.75. The van der Waals surface area contributed by atoms with Gasteiger partial charge in [0.25, 0.3) is 0 Å². The molecule has 0 spiro atoms. The maximum absolute atomic E-state index is 4.34. The summed E-state index contributed by atoms with van der Waals surface area (Å²) in [6.45, 7) is 2.10. The van der Waals surface area contributed by atoms with E-state index in [0.717, 1.165) is 5.69 Å². The van der Waals surface area contributed by atoms with Crippen LogP contribution in [0, 0.1) is 6.92 Å². The number of hydrogen-bond donors (Lipinski definition) is 1. The zero-order chi connectivity index (χ0) is 10.7. The topological polar surface area (TPSA) is 24.9 Å². The molecular weight excluding hydrogens is 204 g/mol. The minimum Gasteiger partial charge on any atom is -0.308 e. The minimum atomic E-state index is 0.205. The molecule has 2 rings (SSSR count). The van der Waals surface area contributed by atoms with E-state index in [1.807, 2.05) is 12.6 Å². The molecule has 0 saturated carbocycles. The van der Waals surface area contributed by atoms with Crippen LogP contribution in [0.3, 0.4) is 0 Å². The van der Waals surface area contributed by atoms with E-state index in [9.17, 15) is 0 Å². The number of rotatable bonds is 3. The monoisotopic (exact) mass is 218 g/mol. The second kappa shape index (κ2) is 4.55. The lowest BCUT2D eigenvalue weighted by Gasteiger charge is -2.14. The Balaban J connectivity index is 2.31. The van der Waals surface area contributed by atoms with E-state index in [2.05, 4.69) is 46.9 Å². The van der Waals surface area contributed by atoms with Gasteiger partial charge in [-0.3, -0.25) is 0 Å². The third-order valence-corrected chi connectivity index (χ3v) is 3.05. The molecule has 78 valence electrons. The van der Waals surface area contributed by atoms with Crippen LogP contribution in [0.4, 0.5) is 0 Å². The molecule has 0 fully saturated rings. The van der Waals surface area contributed by atoms with Gasteiger partial charge in [-0.15, -0.1) is 11.3 Å². The third-order valence-electron chi connectivity index (χ3n) is 2.45. The Kier molecular flexibility index (Phi) is 3.14. The van der Waals surface area contributed by atoms with E-state index in [1.54, 1.807) is 11.3 Å². The molecule has 0 bridgehead atoms. The summed E-state index contributed by atoms with van der Waals surface area (Å²) in [5.41, 5.74) is 5.50. The summed E-state index contributed by atoms with van der Waals surface area (Å²) < 4.78 is 0. The fraction of sp³-hybridized carbons (Fsp3) is 0.250. The molecule has 1 heterocycles. The fourth-order valence-corrected chi connectivity index (χ4v) is 2.19. The highest BCUT2D eigenvalue weighted by Crippen LogP contribution is 2.21. The molecule has 3 heteroatoms. The zero-order valence-corrected chi connectivity index (χ0v) is 9.71. The van der Waals surface area contributed by atoms with Crippen molar-refractivity contribution < 1.29 is 0 Å². The molecule has 0 radical (unpaired) electrons. The summed E-state index contributed by atoms with van der Waals surface area (Å²) >= 11 is 1.63. The number of aryl methyl sites for hydroxylation is 1. The lowest BCUT2D eigenvalue weighted by molar-refractivity contribution is 0.675. The van der Waals surface area contributed by atoms with Gasteiger partial charge in [-0.1, -0.05) is 29.8 Å². The van der Waals surface area contributed by atoms with Crippen LogP contribution in [0.1, 0.15) is 22.9 Å². The minimum absolute atomic E-state index is 0.205. The number of nitrogens with zero attached hydrogens (tertiary/aromatic N) is 1. The molecule has 2 nitrogen and oxygen atoms in total. The molecule has 0 aliphatic heterocycles. The van der Waals surface area contributed by atoms with Crippen LogP contribution >= 0.6 is 11.3 Å². The predicted molar refractivity (Wildman–Crippen MR) is 64.2 cm³/mol. The van der Waals surface area contributed by atoms with Gasteiger partial charge < -0.3 is 5.32 Å². The van der Waals surface area contributed by atoms with Crippen LogP contribution in [0.5, 0.6) is 0 Å². The second-order valence-corrected chi connectivity index (χ2v) is 4.26. The standard InChI is InChI=1S/C12H14N2S/c1-9-3-5-10(6-4-9)12(13-2)11-7-15-8-14-11/h3-8,12-13H,1-2H3. The molecule has 1 unspecified atom stereocenters. The first-order chi connectivity index (χ1) is 7.31. The maximum atomic E-state index is 4.34. The Bertz CT molecular complexity index is 406. The van der Waals surface area contributed by atoms with Crippen LogP contribution in [0.2, 0.25) is 0 Å². The molecule has 15 heavy (non-hydrogen) atoms. The van der Waals surface area contributed by atoms with Crippen molar-refractivity contribution in [1.82, 2.24) is 10.3 Å². The summed E-state index contributed by atoms with van der Waals surface area (Å²) in [6, 6.07) is 8.76. The van der Waals surface area contributed by atoms with E-state index in [-0.39, 0.29) is 6.04 Å². The molecule has 0 amide bonds. The Morgan fingerprint density at radius 1 is 1.27 bits per heavy atom. The van der Waals surface area contributed by atoms with E-state index < -0.39 is 0 Å². The summed E-state index contributed by atoms with van der Waals surface area (Å²) in [6.07, 6.45) is 0. The zero-order valence-electron chi connectivity index (χ0n) is 8.90. The van der Waals surface area contributed by atoms with E-state index in [4.69, 9.17) is 0 Å². The molecule has 1 aromatic heterocycles. The quantitative estimate of drug-likeness (QED) is 0.857. The van der Waals surface area contributed by atoms with Crippen molar-refractivity contribution in [3.63, 3.8) is 0 Å². The first-order valence-corrected chi connectivity index (χ1v) is 5.87. The highest BCUT2D eigenvalue weighted by molar-refractivity contribution is 7.07. The van der Waals surface area contributed by atoms with Gasteiger partial charge in [0.1, 0.15) is 0 Å². The normalized spacial score (nSPS) is 12.7. The summed E-state index contributed by atoms with van der Waals surface area (Å²) in [4.78, 5) is 4.34. The van der Waals surface area contributed by atoms with Crippen LogP contribution in [0.15, 0.2) is 35.2 Å². The van der Waals surface area contributed by atoms with E-state index >= 15 is 0 Å². The van der Waals surface area contributed by atoms with Crippen LogP contribution in [0.25, 0.3) is 0 Å². The molecule has 1 aromatic carbocycles. The molecule has 0 aliphatic carbocycles. The van der Waals surface area contributed by atoms with Crippen molar-refractivity contribution in [1.29, 1.82) is 0 Å². The second-order valence-electron chi connectivity index (χ2n) is 3.55. The largest absolute Gasteiger partial charge is 0.308 e. The van der Waals surface area contributed by atoms with Crippen molar-refractivity contribution in [2.45, 2.75) is 13.0 Å². The molecule has 1 N–H and O–H groups in total. The highest BCUT2D eigenvalue weighted by Gasteiger charge is 2.12. The van der Waals surface area contributed by atoms with E-state index in [0.29, 0.717) is 0 Å². The van der Waals surface area contributed by atoms with E-state index in [1.165, 1.54) is 11.1 Å². The highest BCUT2D eigenvalue weighted by atomic mass is 32.1. The van der Waals surface area contributed by atoms with Crippen LogP contribution < -0.4 is 5.32 Å². The molecular formula is C12H14N2S. The molecule has 2 aromatic rings. The predicted octanol–water partition coefficient (Wildman–Crippen LogP) is 2.76. The molecule has 1 atom stereocenters. The Hall–Kier alpha value is -1.19. The molecule has 0 saturated heterocycles. The number of nitrogens with one attached hydrogen (secondary N) is 1. The number of thiazole rings is 1. The Morgan fingerprint density at radius 2 is 2.00 bits per heavy atom. The van der Waals surface area contributed by atoms with Crippen molar-refractivity contribution in [3.05, 3.63) is 52.0 Å². The van der Waals surface area contributed by atoms with Crippen molar-refractivity contribution >= 4 is 11.3 Å².